The number of anilines is 2. The number of piperidine rings is 1. The number of aliphatic hydroxyl groups is 1. The van der Waals surface area contributed by atoms with Gasteiger partial charge in [-0.2, -0.15) is 0 Å². The number of nitrogens with one attached hydrogen (secondary N) is 2. The van der Waals surface area contributed by atoms with E-state index < -0.39 is 0 Å². The van der Waals surface area contributed by atoms with Crippen molar-refractivity contribution in [1.82, 2.24) is 4.90 Å². The normalized spacial score (nSPS) is 19.2. The summed E-state index contributed by atoms with van der Waals surface area (Å²) in [6.45, 7) is 1.53. The summed E-state index contributed by atoms with van der Waals surface area (Å²) in [5, 5.41) is 17.0. The largest absolute Gasteiger partial charge is 0.392 e. The summed E-state index contributed by atoms with van der Waals surface area (Å²) in [6, 6.07) is 6.99. The zero-order chi connectivity index (χ0) is 21.1. The molecule has 0 bridgehead atoms. The van der Waals surface area contributed by atoms with Crippen molar-refractivity contribution in [1.29, 1.82) is 0 Å². The van der Waals surface area contributed by atoms with Gasteiger partial charge in [-0.05, 0) is 74.9 Å². The molecule has 1 saturated heterocycles. The third kappa shape index (κ3) is 5.03. The summed E-state index contributed by atoms with van der Waals surface area (Å²) >= 11 is 7.45. The first-order valence-corrected chi connectivity index (χ1v) is 11.6. The van der Waals surface area contributed by atoms with Crippen molar-refractivity contribution in [2.24, 2.45) is 0 Å². The molecule has 1 aromatic heterocycles. The van der Waals surface area contributed by atoms with Crippen LogP contribution in [0.2, 0.25) is 5.02 Å². The van der Waals surface area contributed by atoms with E-state index in [-0.39, 0.29) is 24.5 Å². The zero-order valence-corrected chi connectivity index (χ0v) is 18.3. The number of likely N-dealkylation sites (tertiary alicyclic amines) is 1. The van der Waals surface area contributed by atoms with E-state index in [0.717, 1.165) is 50.6 Å². The van der Waals surface area contributed by atoms with Gasteiger partial charge >= 0.3 is 0 Å². The number of nitrogens with zero attached hydrogens (tertiary/aromatic N) is 1. The summed E-state index contributed by atoms with van der Waals surface area (Å²) < 4.78 is 0. The molecule has 1 aliphatic heterocycles. The van der Waals surface area contributed by atoms with Gasteiger partial charge in [-0.25, -0.2) is 0 Å². The highest BCUT2D eigenvalue weighted by Crippen LogP contribution is 2.38. The Labute approximate surface area is 185 Å². The number of aryl methyl sites for hydroxylation is 1. The van der Waals surface area contributed by atoms with Gasteiger partial charge in [-0.3, -0.25) is 14.5 Å². The lowest BCUT2D eigenvalue weighted by Crippen LogP contribution is -2.42. The summed E-state index contributed by atoms with van der Waals surface area (Å²) in [4.78, 5) is 29.0. The van der Waals surface area contributed by atoms with Gasteiger partial charge in [0.1, 0.15) is 5.00 Å². The number of hydrogen-bond acceptors (Lipinski definition) is 5. The van der Waals surface area contributed by atoms with Gasteiger partial charge in [0.25, 0.3) is 5.91 Å². The van der Waals surface area contributed by atoms with Gasteiger partial charge < -0.3 is 15.7 Å². The first-order valence-electron chi connectivity index (χ1n) is 10.4. The van der Waals surface area contributed by atoms with E-state index in [1.54, 1.807) is 24.3 Å². The summed E-state index contributed by atoms with van der Waals surface area (Å²) in [6.07, 6.45) is 5.23. The highest BCUT2D eigenvalue weighted by Gasteiger charge is 2.27. The smallest absolute Gasteiger partial charge is 0.258 e. The fraction of sp³-hybridized carbons (Fsp3) is 0.455. The van der Waals surface area contributed by atoms with Crippen LogP contribution in [0.4, 0.5) is 10.7 Å². The van der Waals surface area contributed by atoms with Crippen LogP contribution in [0.25, 0.3) is 0 Å². The molecule has 2 amide bonds. The molecule has 2 heterocycles. The Kier molecular flexibility index (Phi) is 6.73. The lowest BCUT2D eigenvalue weighted by Gasteiger charge is -2.29. The van der Waals surface area contributed by atoms with Crippen LogP contribution in [0.3, 0.4) is 0 Å². The van der Waals surface area contributed by atoms with E-state index in [2.05, 4.69) is 10.6 Å². The fourth-order valence-electron chi connectivity index (χ4n) is 4.16. The number of β-amino-alcohol motifs (C(OH)–C–C–N with tert-alkyl or cyclic N) is 1. The van der Waals surface area contributed by atoms with E-state index >= 15 is 0 Å². The molecule has 8 heteroatoms. The average Bonchev–Trinajstić information content (AvgIpc) is 3.07. The van der Waals surface area contributed by atoms with Crippen LogP contribution in [0.1, 0.15) is 46.5 Å². The molecule has 0 saturated carbocycles. The van der Waals surface area contributed by atoms with Gasteiger partial charge in [0.15, 0.2) is 0 Å². The third-order valence-corrected chi connectivity index (χ3v) is 7.06. The van der Waals surface area contributed by atoms with Gasteiger partial charge in [0, 0.05) is 22.1 Å². The van der Waals surface area contributed by atoms with Crippen LogP contribution < -0.4 is 10.6 Å². The molecule has 4 rings (SSSR count). The second-order valence-corrected chi connectivity index (χ2v) is 9.50. The Morgan fingerprint density at radius 3 is 2.67 bits per heavy atom. The molecule has 2 aromatic rings. The lowest BCUT2D eigenvalue weighted by molar-refractivity contribution is -0.117. The number of halogens is 1. The van der Waals surface area contributed by atoms with Crippen LogP contribution in [0.5, 0.6) is 0 Å². The molecule has 1 aliphatic carbocycles. The molecule has 2 aliphatic rings. The number of carbonyl (C=O) groups is 2. The Morgan fingerprint density at radius 1 is 1.13 bits per heavy atom. The summed E-state index contributed by atoms with van der Waals surface area (Å²) in [5.41, 5.74) is 2.30. The van der Waals surface area contributed by atoms with Crippen molar-refractivity contribution < 1.29 is 14.7 Å². The third-order valence-electron chi connectivity index (χ3n) is 5.60. The molecule has 1 aromatic carbocycles. The second kappa shape index (κ2) is 9.47. The minimum absolute atomic E-state index is 0.150. The van der Waals surface area contributed by atoms with Crippen LogP contribution in [0.15, 0.2) is 24.3 Å². The predicted octanol–water partition coefficient (Wildman–Crippen LogP) is 3.93. The van der Waals surface area contributed by atoms with Gasteiger partial charge in [0.2, 0.25) is 5.91 Å². The number of carbonyl (C=O) groups excluding carboxylic acids is 2. The Bertz CT molecular complexity index is 928. The van der Waals surface area contributed by atoms with E-state index in [0.29, 0.717) is 27.8 Å². The van der Waals surface area contributed by atoms with Crippen molar-refractivity contribution in [3.63, 3.8) is 0 Å². The molecular weight excluding hydrogens is 422 g/mol. The SMILES string of the molecule is O=C(CN1CCCC(O)C1)Nc1sc2c(c1C(=O)Nc1ccc(Cl)cc1)CCCC2. The van der Waals surface area contributed by atoms with Gasteiger partial charge in [-0.15, -0.1) is 11.3 Å². The number of aliphatic hydroxyl groups excluding tert-OH is 1. The molecule has 160 valence electrons. The number of hydrogen-bond donors (Lipinski definition) is 3. The van der Waals surface area contributed by atoms with Gasteiger partial charge in [-0.1, -0.05) is 11.6 Å². The van der Waals surface area contributed by atoms with E-state index in [1.165, 1.54) is 16.2 Å². The highest BCUT2D eigenvalue weighted by molar-refractivity contribution is 7.17. The maximum absolute atomic E-state index is 13.1. The number of rotatable bonds is 5. The van der Waals surface area contributed by atoms with E-state index in [9.17, 15) is 14.7 Å². The molecule has 30 heavy (non-hydrogen) atoms. The summed E-state index contributed by atoms with van der Waals surface area (Å²) in [7, 11) is 0. The first-order chi connectivity index (χ1) is 14.5. The monoisotopic (exact) mass is 447 g/mol. The number of thiophene rings is 1. The lowest BCUT2D eigenvalue weighted by atomic mass is 9.95. The molecule has 1 atom stereocenters. The fourth-order valence-corrected chi connectivity index (χ4v) is 5.59. The highest BCUT2D eigenvalue weighted by atomic mass is 35.5. The molecule has 1 unspecified atom stereocenters. The zero-order valence-electron chi connectivity index (χ0n) is 16.7. The molecule has 6 nitrogen and oxygen atoms in total. The topological polar surface area (TPSA) is 81.7 Å². The minimum Gasteiger partial charge on any atom is -0.392 e. The number of fused-ring (bicyclic) bond motifs is 1. The van der Waals surface area contributed by atoms with E-state index in [1.807, 2.05) is 4.90 Å². The summed E-state index contributed by atoms with van der Waals surface area (Å²) in [5.74, 6) is -0.358. The van der Waals surface area contributed by atoms with Crippen molar-refractivity contribution in [3.8, 4) is 0 Å². The van der Waals surface area contributed by atoms with Crippen LogP contribution >= 0.6 is 22.9 Å². The van der Waals surface area contributed by atoms with E-state index in [4.69, 9.17) is 11.6 Å². The predicted molar refractivity (Wildman–Crippen MR) is 121 cm³/mol. The molecular formula is C22H26ClN3O3S. The minimum atomic E-state index is -0.374. The molecule has 1 fully saturated rings. The quantitative estimate of drug-likeness (QED) is 0.648. The van der Waals surface area contributed by atoms with Crippen molar-refractivity contribution in [2.45, 2.75) is 44.6 Å². The molecule has 0 radical (unpaired) electrons. The second-order valence-electron chi connectivity index (χ2n) is 7.96. The Hall–Kier alpha value is -1.93. The molecule has 3 N–H and O–H groups in total. The maximum atomic E-state index is 13.1. The maximum Gasteiger partial charge on any atom is 0.258 e. The number of amides is 2. The van der Waals surface area contributed by atoms with Crippen molar-refractivity contribution in [2.75, 3.05) is 30.3 Å². The van der Waals surface area contributed by atoms with Crippen LogP contribution in [-0.4, -0.2) is 47.6 Å². The molecule has 0 spiro atoms. The average molecular weight is 448 g/mol. The van der Waals surface area contributed by atoms with Crippen LogP contribution in [0, 0.1) is 0 Å². The number of benzene rings is 1. The Balaban J connectivity index is 1.52. The standard InChI is InChI=1S/C22H26ClN3O3S/c23-14-7-9-15(10-8-14)24-21(29)20-17-5-1-2-6-18(17)30-22(20)25-19(28)13-26-11-3-4-16(27)12-26/h7-10,16,27H,1-6,11-13H2,(H,24,29)(H,25,28). The van der Waals surface area contributed by atoms with Crippen LogP contribution in [-0.2, 0) is 17.6 Å². The Morgan fingerprint density at radius 2 is 1.90 bits per heavy atom. The van der Waals surface area contributed by atoms with Gasteiger partial charge in [0.05, 0.1) is 18.2 Å². The van der Waals surface area contributed by atoms with Crippen molar-refractivity contribution >= 4 is 45.4 Å². The first kappa shape index (κ1) is 21.3. The van der Waals surface area contributed by atoms with Crippen molar-refractivity contribution in [3.05, 3.63) is 45.3 Å².